The van der Waals surface area contributed by atoms with Gasteiger partial charge in [-0.05, 0) is 35.0 Å². The van der Waals surface area contributed by atoms with Crippen molar-refractivity contribution in [2.75, 3.05) is 12.5 Å². The molecule has 0 saturated heterocycles. The summed E-state index contributed by atoms with van der Waals surface area (Å²) in [5.74, 6) is 0.0655. The molecular formula is C13H11BrF3N3OS. The molecule has 2 rings (SSSR count). The number of benzene rings is 1. The van der Waals surface area contributed by atoms with Crippen molar-refractivity contribution < 1.29 is 17.9 Å². The number of methoxy groups -OCH3 is 1. The van der Waals surface area contributed by atoms with E-state index in [9.17, 15) is 13.2 Å². The van der Waals surface area contributed by atoms with Crippen LogP contribution in [0.25, 0.3) is 0 Å². The van der Waals surface area contributed by atoms with Gasteiger partial charge in [0.1, 0.15) is 5.75 Å². The Hall–Kier alpha value is -1.61. The zero-order chi connectivity index (χ0) is 16.3. The number of hydrogen-bond donors (Lipinski definition) is 1. The van der Waals surface area contributed by atoms with Gasteiger partial charge in [0.05, 0.1) is 29.1 Å². The quantitative estimate of drug-likeness (QED) is 0.605. The Labute approximate surface area is 137 Å². The van der Waals surface area contributed by atoms with Gasteiger partial charge in [-0.1, -0.05) is 0 Å². The monoisotopic (exact) mass is 393 g/mol. The summed E-state index contributed by atoms with van der Waals surface area (Å²) in [5, 5.41) is 6.12. The predicted molar refractivity (Wildman–Crippen MR) is 83.8 cm³/mol. The molecule has 1 aromatic carbocycles. The summed E-state index contributed by atoms with van der Waals surface area (Å²) in [6.07, 6.45) is -3.43. The molecule has 118 valence electrons. The first-order chi connectivity index (χ1) is 10.3. The van der Waals surface area contributed by atoms with E-state index in [-0.39, 0.29) is 11.3 Å². The van der Waals surface area contributed by atoms with Gasteiger partial charge in [0.25, 0.3) is 0 Å². The van der Waals surface area contributed by atoms with Gasteiger partial charge < -0.3 is 4.74 Å². The van der Waals surface area contributed by atoms with Crippen molar-refractivity contribution in [3.63, 3.8) is 0 Å². The van der Waals surface area contributed by atoms with Crippen LogP contribution in [-0.2, 0) is 6.18 Å². The van der Waals surface area contributed by atoms with Crippen LogP contribution in [0.3, 0.4) is 0 Å². The maximum Gasteiger partial charge on any atom is 0.417 e. The van der Waals surface area contributed by atoms with Crippen LogP contribution in [0.4, 0.5) is 18.3 Å². The van der Waals surface area contributed by atoms with Gasteiger partial charge >= 0.3 is 6.18 Å². The van der Waals surface area contributed by atoms with Gasteiger partial charge in [-0.2, -0.15) is 18.3 Å². The van der Waals surface area contributed by atoms with E-state index in [1.54, 1.807) is 5.38 Å². The van der Waals surface area contributed by atoms with Crippen LogP contribution in [-0.4, -0.2) is 18.3 Å². The number of alkyl halides is 3. The molecule has 0 aliphatic rings. The van der Waals surface area contributed by atoms with Gasteiger partial charge in [-0.3, -0.25) is 5.43 Å². The molecule has 22 heavy (non-hydrogen) atoms. The normalized spacial score (nSPS) is 11.9. The van der Waals surface area contributed by atoms with Gasteiger partial charge in [0, 0.05) is 10.9 Å². The van der Waals surface area contributed by atoms with Crippen molar-refractivity contribution >= 4 is 38.6 Å². The number of hydrogen-bond acceptors (Lipinski definition) is 5. The Balaban J connectivity index is 2.37. The maximum absolute atomic E-state index is 13.1. The lowest BCUT2D eigenvalue weighted by Gasteiger charge is -2.14. The van der Waals surface area contributed by atoms with Crippen LogP contribution in [0.2, 0.25) is 0 Å². The first-order valence-electron chi connectivity index (χ1n) is 5.98. The lowest BCUT2D eigenvalue weighted by molar-refractivity contribution is -0.137. The summed E-state index contributed by atoms with van der Waals surface area (Å²) in [6.45, 7) is 1.81. The third-order valence-electron chi connectivity index (χ3n) is 2.63. The lowest BCUT2D eigenvalue weighted by Crippen LogP contribution is -2.11. The van der Waals surface area contributed by atoms with Crippen molar-refractivity contribution in [2.45, 2.75) is 13.1 Å². The third-order valence-corrected chi connectivity index (χ3v) is 4.12. The van der Waals surface area contributed by atoms with E-state index in [0.29, 0.717) is 9.60 Å². The number of halogens is 4. The van der Waals surface area contributed by atoms with E-state index in [1.807, 2.05) is 6.92 Å². The molecule has 0 spiro atoms. The maximum atomic E-state index is 13.1. The molecule has 0 radical (unpaired) electrons. The Morgan fingerprint density at radius 2 is 2.14 bits per heavy atom. The minimum Gasteiger partial charge on any atom is -0.495 e. The molecule has 0 aliphatic heterocycles. The van der Waals surface area contributed by atoms with E-state index >= 15 is 0 Å². The van der Waals surface area contributed by atoms with Crippen molar-refractivity contribution in [2.24, 2.45) is 5.10 Å². The SMILES string of the molecule is COc1c(Br)ccc(C(F)(F)F)c1C=NNc1nc(C)cs1. The van der Waals surface area contributed by atoms with E-state index in [1.165, 1.54) is 24.5 Å². The largest absolute Gasteiger partial charge is 0.495 e. The van der Waals surface area contributed by atoms with E-state index in [0.717, 1.165) is 18.0 Å². The number of ether oxygens (including phenoxy) is 1. The molecule has 0 amide bonds. The van der Waals surface area contributed by atoms with Crippen LogP contribution in [0.5, 0.6) is 5.75 Å². The molecule has 1 aromatic heterocycles. The molecule has 0 bridgehead atoms. The fourth-order valence-electron chi connectivity index (χ4n) is 1.71. The highest BCUT2D eigenvalue weighted by atomic mass is 79.9. The van der Waals surface area contributed by atoms with Gasteiger partial charge in [-0.15, -0.1) is 11.3 Å². The molecule has 1 N–H and O–H groups in total. The summed E-state index contributed by atoms with van der Waals surface area (Å²) in [6, 6.07) is 2.26. The number of thiazole rings is 1. The van der Waals surface area contributed by atoms with Gasteiger partial charge in [0.2, 0.25) is 5.13 Å². The summed E-state index contributed by atoms with van der Waals surface area (Å²) < 4.78 is 44.7. The topological polar surface area (TPSA) is 46.5 Å². The number of aromatic nitrogens is 1. The molecule has 1 heterocycles. The number of anilines is 1. The Kier molecular flexibility index (Phi) is 5.07. The smallest absolute Gasteiger partial charge is 0.417 e. The Morgan fingerprint density at radius 3 is 2.68 bits per heavy atom. The molecule has 0 fully saturated rings. The standard InChI is InChI=1S/C13H11BrF3N3OS/c1-7-6-22-12(19-7)20-18-5-8-9(13(15,16)17)3-4-10(14)11(8)21-2/h3-6H,1-2H3,(H,19,20). The molecule has 0 atom stereocenters. The van der Waals surface area contributed by atoms with E-state index in [2.05, 4.69) is 31.4 Å². The van der Waals surface area contributed by atoms with Crippen LogP contribution in [0, 0.1) is 6.92 Å². The molecule has 4 nitrogen and oxygen atoms in total. The highest BCUT2D eigenvalue weighted by molar-refractivity contribution is 9.10. The van der Waals surface area contributed by atoms with Crippen molar-refractivity contribution in [3.8, 4) is 5.75 Å². The number of hydrazone groups is 1. The zero-order valence-electron chi connectivity index (χ0n) is 11.5. The fourth-order valence-corrected chi connectivity index (χ4v) is 2.86. The Morgan fingerprint density at radius 1 is 1.41 bits per heavy atom. The molecule has 2 aromatic rings. The van der Waals surface area contributed by atoms with E-state index in [4.69, 9.17) is 4.74 Å². The summed E-state index contributed by atoms with van der Waals surface area (Å²) in [5.41, 5.74) is 2.42. The van der Waals surface area contributed by atoms with Crippen molar-refractivity contribution in [1.29, 1.82) is 0 Å². The first-order valence-corrected chi connectivity index (χ1v) is 7.65. The third kappa shape index (κ3) is 3.77. The van der Waals surface area contributed by atoms with E-state index < -0.39 is 11.7 Å². The second-order valence-corrected chi connectivity index (χ2v) is 5.92. The minimum absolute atomic E-state index is 0.0655. The van der Waals surface area contributed by atoms with Crippen molar-refractivity contribution in [3.05, 3.63) is 38.8 Å². The second-order valence-electron chi connectivity index (χ2n) is 4.20. The summed E-state index contributed by atoms with van der Waals surface area (Å²) in [7, 11) is 1.30. The zero-order valence-corrected chi connectivity index (χ0v) is 13.9. The highest BCUT2D eigenvalue weighted by Crippen LogP contribution is 2.38. The highest BCUT2D eigenvalue weighted by Gasteiger charge is 2.34. The van der Waals surface area contributed by atoms with Crippen molar-refractivity contribution in [1.82, 2.24) is 4.98 Å². The van der Waals surface area contributed by atoms with Crippen LogP contribution in [0.15, 0.2) is 27.1 Å². The number of rotatable bonds is 4. The fraction of sp³-hybridized carbons (Fsp3) is 0.231. The van der Waals surface area contributed by atoms with Crippen LogP contribution >= 0.6 is 27.3 Å². The molecule has 0 saturated carbocycles. The average Bonchev–Trinajstić information content (AvgIpc) is 2.83. The van der Waals surface area contributed by atoms with Gasteiger partial charge in [0.15, 0.2) is 0 Å². The number of nitrogens with zero attached hydrogens (tertiary/aromatic N) is 2. The first kappa shape index (κ1) is 16.8. The molecule has 0 aliphatic carbocycles. The lowest BCUT2D eigenvalue weighted by atomic mass is 10.1. The Bertz CT molecular complexity index is 700. The second kappa shape index (κ2) is 6.66. The average molecular weight is 394 g/mol. The predicted octanol–water partition coefficient (Wildman–Crippen LogP) is 4.69. The molecule has 9 heteroatoms. The number of aryl methyl sites for hydroxylation is 1. The van der Waals surface area contributed by atoms with Crippen LogP contribution < -0.4 is 10.2 Å². The van der Waals surface area contributed by atoms with Gasteiger partial charge in [-0.25, -0.2) is 4.98 Å². The molecular weight excluding hydrogens is 383 g/mol. The summed E-state index contributed by atoms with van der Waals surface area (Å²) >= 11 is 4.47. The summed E-state index contributed by atoms with van der Waals surface area (Å²) in [4.78, 5) is 4.10. The number of nitrogens with one attached hydrogen (secondary N) is 1. The molecule has 0 unspecified atom stereocenters. The minimum atomic E-state index is -4.51. The van der Waals surface area contributed by atoms with Crippen LogP contribution in [0.1, 0.15) is 16.8 Å².